The van der Waals surface area contributed by atoms with Gasteiger partial charge in [-0.3, -0.25) is 4.99 Å². The number of nitrogens with zero attached hydrogens (tertiary/aromatic N) is 1. The minimum atomic E-state index is 0.754. The van der Waals surface area contributed by atoms with Gasteiger partial charge >= 0.3 is 0 Å². The van der Waals surface area contributed by atoms with Crippen LogP contribution in [-0.4, -0.2) is 25.6 Å². The van der Waals surface area contributed by atoms with E-state index in [1.165, 1.54) is 19.3 Å². The molecule has 3 heteroatoms. The normalized spacial score (nSPS) is 16.9. The number of nitrogens with one attached hydrogen (secondary N) is 2. The molecule has 3 nitrogen and oxygen atoms in total. The van der Waals surface area contributed by atoms with Gasteiger partial charge in [-0.1, -0.05) is 13.8 Å². The first-order valence-electron chi connectivity index (χ1n) is 6.24. The van der Waals surface area contributed by atoms with Crippen LogP contribution in [0, 0.1) is 11.8 Å². The number of guanidine groups is 1. The summed E-state index contributed by atoms with van der Waals surface area (Å²) in [5.41, 5.74) is 0. The third-order valence-corrected chi connectivity index (χ3v) is 2.56. The Bertz CT molecular complexity index is 195. The molecular formula is C12H25N3. The van der Waals surface area contributed by atoms with E-state index in [0.29, 0.717) is 0 Å². The average Bonchev–Trinajstić information content (AvgIpc) is 2.97. The largest absolute Gasteiger partial charge is 0.357 e. The Morgan fingerprint density at radius 1 is 1.33 bits per heavy atom. The second-order valence-corrected chi connectivity index (χ2v) is 4.77. The topological polar surface area (TPSA) is 36.4 Å². The van der Waals surface area contributed by atoms with E-state index in [-0.39, 0.29) is 0 Å². The van der Waals surface area contributed by atoms with E-state index in [9.17, 15) is 0 Å². The molecule has 2 N–H and O–H groups in total. The lowest BCUT2D eigenvalue weighted by Crippen LogP contribution is -2.38. The molecule has 88 valence electrons. The molecule has 0 aliphatic heterocycles. The monoisotopic (exact) mass is 211 g/mol. The molecule has 1 rings (SSSR count). The fourth-order valence-corrected chi connectivity index (χ4v) is 1.34. The second-order valence-electron chi connectivity index (χ2n) is 4.77. The zero-order chi connectivity index (χ0) is 11.1. The van der Waals surface area contributed by atoms with Crippen molar-refractivity contribution in [3.8, 4) is 0 Å². The molecule has 0 unspecified atom stereocenters. The van der Waals surface area contributed by atoms with Gasteiger partial charge in [-0.05, 0) is 38.0 Å². The Labute approximate surface area is 93.7 Å². The fraction of sp³-hybridized carbons (Fsp3) is 0.917. The molecule has 0 aromatic rings. The molecule has 0 radical (unpaired) electrons. The van der Waals surface area contributed by atoms with Crippen LogP contribution < -0.4 is 10.6 Å². The Morgan fingerprint density at radius 2 is 2.07 bits per heavy atom. The van der Waals surface area contributed by atoms with E-state index in [4.69, 9.17) is 0 Å². The zero-order valence-corrected chi connectivity index (χ0v) is 10.3. The van der Waals surface area contributed by atoms with Crippen LogP contribution >= 0.6 is 0 Å². The zero-order valence-electron chi connectivity index (χ0n) is 10.3. The summed E-state index contributed by atoms with van der Waals surface area (Å²) >= 11 is 0. The van der Waals surface area contributed by atoms with Crippen molar-refractivity contribution in [1.29, 1.82) is 0 Å². The summed E-state index contributed by atoms with van der Waals surface area (Å²) in [6, 6.07) is 0. The highest BCUT2D eigenvalue weighted by molar-refractivity contribution is 5.79. The van der Waals surface area contributed by atoms with Crippen LogP contribution in [0.15, 0.2) is 4.99 Å². The maximum atomic E-state index is 4.57. The minimum Gasteiger partial charge on any atom is -0.357 e. The van der Waals surface area contributed by atoms with Gasteiger partial charge in [0, 0.05) is 19.6 Å². The summed E-state index contributed by atoms with van der Waals surface area (Å²) < 4.78 is 0. The van der Waals surface area contributed by atoms with Gasteiger partial charge in [-0.25, -0.2) is 0 Å². The molecule has 0 aromatic carbocycles. The van der Waals surface area contributed by atoms with Crippen LogP contribution in [0.1, 0.15) is 40.0 Å². The van der Waals surface area contributed by atoms with E-state index >= 15 is 0 Å². The molecular weight excluding hydrogens is 186 g/mol. The highest BCUT2D eigenvalue weighted by Gasteiger charge is 2.20. The first kappa shape index (κ1) is 12.3. The first-order valence-corrected chi connectivity index (χ1v) is 6.24. The fourth-order valence-electron chi connectivity index (χ4n) is 1.34. The van der Waals surface area contributed by atoms with E-state index < -0.39 is 0 Å². The number of hydrogen-bond acceptors (Lipinski definition) is 1. The van der Waals surface area contributed by atoms with Gasteiger partial charge < -0.3 is 10.6 Å². The van der Waals surface area contributed by atoms with Crippen molar-refractivity contribution in [1.82, 2.24) is 10.6 Å². The van der Waals surface area contributed by atoms with Gasteiger partial charge in [0.05, 0.1) is 0 Å². The molecule has 0 bridgehead atoms. The van der Waals surface area contributed by atoms with Gasteiger partial charge in [0.2, 0.25) is 0 Å². The maximum absolute atomic E-state index is 4.57. The lowest BCUT2D eigenvalue weighted by atomic mass is 10.1. The van der Waals surface area contributed by atoms with Crippen LogP contribution in [0.5, 0.6) is 0 Å². The summed E-state index contributed by atoms with van der Waals surface area (Å²) in [4.78, 5) is 4.57. The summed E-state index contributed by atoms with van der Waals surface area (Å²) in [6.07, 6.45) is 3.94. The molecule has 1 saturated carbocycles. The molecule has 0 atom stereocenters. The standard InChI is InChI=1S/C12H25N3/c1-4-13-12(14-8-7-10(2)3)15-9-11-5-6-11/h10-11H,4-9H2,1-3H3,(H2,13,14,15). The molecule has 0 amide bonds. The molecule has 0 spiro atoms. The van der Waals surface area contributed by atoms with E-state index in [1.807, 2.05) is 0 Å². The number of rotatable bonds is 6. The van der Waals surface area contributed by atoms with Gasteiger partial charge in [0.25, 0.3) is 0 Å². The lowest BCUT2D eigenvalue weighted by molar-refractivity contribution is 0.573. The Balaban J connectivity index is 2.18. The van der Waals surface area contributed by atoms with Crippen molar-refractivity contribution >= 4 is 5.96 Å². The number of aliphatic imine (C=N–C) groups is 1. The van der Waals surface area contributed by atoms with Crippen LogP contribution in [0.3, 0.4) is 0 Å². The Hall–Kier alpha value is -0.730. The van der Waals surface area contributed by atoms with Crippen LogP contribution in [0.4, 0.5) is 0 Å². The first-order chi connectivity index (χ1) is 7.22. The predicted octanol–water partition coefficient (Wildman–Crippen LogP) is 2.00. The SMILES string of the molecule is CCNC(=NCC1CC1)NCCC(C)C. The lowest BCUT2D eigenvalue weighted by Gasteiger charge is -2.12. The minimum absolute atomic E-state index is 0.754. The van der Waals surface area contributed by atoms with Crippen molar-refractivity contribution < 1.29 is 0 Å². The highest BCUT2D eigenvalue weighted by Crippen LogP contribution is 2.28. The molecule has 0 aromatic heterocycles. The van der Waals surface area contributed by atoms with Crippen LogP contribution in [0.25, 0.3) is 0 Å². The Morgan fingerprint density at radius 3 is 2.60 bits per heavy atom. The van der Waals surface area contributed by atoms with Crippen molar-refractivity contribution in [2.24, 2.45) is 16.8 Å². The quantitative estimate of drug-likeness (QED) is 0.521. The summed E-state index contributed by atoms with van der Waals surface area (Å²) in [6.45, 7) is 9.56. The molecule has 1 aliphatic rings. The van der Waals surface area contributed by atoms with Gasteiger partial charge in [-0.2, -0.15) is 0 Å². The van der Waals surface area contributed by atoms with Crippen molar-refractivity contribution in [3.05, 3.63) is 0 Å². The third-order valence-electron chi connectivity index (χ3n) is 2.56. The van der Waals surface area contributed by atoms with E-state index in [2.05, 4.69) is 36.4 Å². The van der Waals surface area contributed by atoms with Crippen LogP contribution in [0.2, 0.25) is 0 Å². The molecule has 0 heterocycles. The van der Waals surface area contributed by atoms with E-state index in [1.54, 1.807) is 0 Å². The van der Waals surface area contributed by atoms with Gasteiger partial charge in [0.15, 0.2) is 5.96 Å². The predicted molar refractivity (Wildman–Crippen MR) is 66.2 cm³/mol. The van der Waals surface area contributed by atoms with Crippen molar-refractivity contribution in [2.45, 2.75) is 40.0 Å². The third kappa shape index (κ3) is 6.37. The molecule has 0 saturated heterocycles. The average molecular weight is 211 g/mol. The van der Waals surface area contributed by atoms with Crippen molar-refractivity contribution in [3.63, 3.8) is 0 Å². The highest BCUT2D eigenvalue weighted by atomic mass is 15.2. The molecule has 1 fully saturated rings. The van der Waals surface area contributed by atoms with Crippen molar-refractivity contribution in [2.75, 3.05) is 19.6 Å². The summed E-state index contributed by atoms with van der Waals surface area (Å²) in [5, 5.41) is 6.65. The van der Waals surface area contributed by atoms with Gasteiger partial charge in [0.1, 0.15) is 0 Å². The van der Waals surface area contributed by atoms with Crippen LogP contribution in [-0.2, 0) is 0 Å². The Kier molecular flexibility index (Phi) is 5.51. The molecule has 1 aliphatic carbocycles. The van der Waals surface area contributed by atoms with Gasteiger partial charge in [-0.15, -0.1) is 0 Å². The molecule has 15 heavy (non-hydrogen) atoms. The number of hydrogen-bond donors (Lipinski definition) is 2. The summed E-state index contributed by atoms with van der Waals surface area (Å²) in [7, 11) is 0. The van der Waals surface area contributed by atoms with E-state index in [0.717, 1.165) is 37.4 Å². The second kappa shape index (κ2) is 6.70. The summed E-state index contributed by atoms with van der Waals surface area (Å²) in [5.74, 6) is 2.61. The maximum Gasteiger partial charge on any atom is 0.191 e. The smallest absolute Gasteiger partial charge is 0.191 e.